The number of hydrogen-bond donors (Lipinski definition) is 1. The zero-order valence-electron chi connectivity index (χ0n) is 14.5. The first kappa shape index (κ1) is 17.1. The van der Waals surface area contributed by atoms with E-state index in [1.807, 2.05) is 26.1 Å². The molecule has 0 aliphatic rings. The van der Waals surface area contributed by atoms with Crippen LogP contribution in [-0.4, -0.2) is 44.7 Å². The van der Waals surface area contributed by atoms with Crippen LogP contribution in [0.5, 0.6) is 0 Å². The molecule has 0 aliphatic heterocycles. The lowest BCUT2D eigenvalue weighted by atomic mass is 10.2. The van der Waals surface area contributed by atoms with Crippen molar-refractivity contribution in [3.8, 4) is 5.69 Å². The van der Waals surface area contributed by atoms with Gasteiger partial charge in [-0.1, -0.05) is 12.1 Å². The molecule has 0 bridgehead atoms. The summed E-state index contributed by atoms with van der Waals surface area (Å²) in [5, 5.41) is 10.7. The first-order valence-corrected chi connectivity index (χ1v) is 8.80. The van der Waals surface area contributed by atoms with E-state index in [1.54, 1.807) is 29.4 Å². The summed E-state index contributed by atoms with van der Waals surface area (Å²) in [6.07, 6.45) is 3.22. The second kappa shape index (κ2) is 7.89. The van der Waals surface area contributed by atoms with Crippen LogP contribution in [0.3, 0.4) is 0 Å². The Hall–Kier alpha value is -2.74. The van der Waals surface area contributed by atoms with Gasteiger partial charge in [0.15, 0.2) is 5.96 Å². The number of hydrogen-bond acceptors (Lipinski definition) is 5. The van der Waals surface area contributed by atoms with Gasteiger partial charge in [0.2, 0.25) is 0 Å². The number of nitrogens with one attached hydrogen (secondary N) is 1. The van der Waals surface area contributed by atoms with Crippen LogP contribution in [0.1, 0.15) is 16.3 Å². The van der Waals surface area contributed by atoms with Gasteiger partial charge in [-0.25, -0.2) is 14.6 Å². The molecule has 130 valence electrons. The van der Waals surface area contributed by atoms with E-state index in [2.05, 4.69) is 47.8 Å². The summed E-state index contributed by atoms with van der Waals surface area (Å²) in [7, 11) is 3.80. The fourth-order valence-corrected chi connectivity index (χ4v) is 3.12. The maximum Gasteiger partial charge on any atom is 0.194 e. The largest absolute Gasteiger partial charge is 0.352 e. The van der Waals surface area contributed by atoms with E-state index < -0.39 is 0 Å². The lowest BCUT2D eigenvalue weighted by molar-refractivity contribution is 0.470. The molecule has 2 heterocycles. The van der Waals surface area contributed by atoms with Gasteiger partial charge in [0.25, 0.3) is 0 Å². The highest BCUT2D eigenvalue weighted by atomic mass is 32.1. The fraction of sp³-hybridized carbons (Fsp3) is 0.294. The number of aliphatic imine (C=N–C) groups is 1. The Morgan fingerprint density at radius 1 is 1.40 bits per heavy atom. The van der Waals surface area contributed by atoms with Gasteiger partial charge >= 0.3 is 0 Å². The zero-order chi connectivity index (χ0) is 17.6. The maximum absolute atomic E-state index is 4.50. The molecule has 25 heavy (non-hydrogen) atoms. The number of aryl methyl sites for hydroxylation is 1. The summed E-state index contributed by atoms with van der Waals surface area (Å²) in [6.45, 7) is 3.42. The van der Waals surface area contributed by atoms with Crippen LogP contribution in [0.2, 0.25) is 0 Å². The van der Waals surface area contributed by atoms with E-state index >= 15 is 0 Å². The van der Waals surface area contributed by atoms with Crippen molar-refractivity contribution in [2.24, 2.45) is 4.99 Å². The van der Waals surface area contributed by atoms with Crippen LogP contribution < -0.4 is 5.32 Å². The standard InChI is InChI=1S/C17H21N7S/c1-13-22-15(10-25-13)9-23(3)17(18-2)20-8-14-5-4-6-16(7-14)24-12-19-11-21-24/h4-7,10-12H,8-9H2,1-3H3,(H,18,20). The summed E-state index contributed by atoms with van der Waals surface area (Å²) in [5.41, 5.74) is 3.19. The summed E-state index contributed by atoms with van der Waals surface area (Å²) >= 11 is 1.66. The fourth-order valence-electron chi connectivity index (χ4n) is 2.52. The molecule has 0 radical (unpaired) electrons. The molecule has 0 saturated heterocycles. The molecule has 0 saturated carbocycles. The SMILES string of the molecule is CN=C(NCc1cccc(-n2cncn2)c1)N(C)Cc1csc(C)n1. The molecular formula is C17H21N7S. The molecule has 1 N–H and O–H groups in total. The summed E-state index contributed by atoms with van der Waals surface area (Å²) in [4.78, 5) is 14.9. The van der Waals surface area contributed by atoms with E-state index in [4.69, 9.17) is 0 Å². The van der Waals surface area contributed by atoms with Crippen molar-refractivity contribution in [2.45, 2.75) is 20.0 Å². The molecule has 0 aliphatic carbocycles. The molecule has 0 fully saturated rings. The van der Waals surface area contributed by atoms with E-state index in [0.717, 1.165) is 34.5 Å². The van der Waals surface area contributed by atoms with Gasteiger partial charge in [0.05, 0.1) is 22.9 Å². The number of aromatic nitrogens is 4. The van der Waals surface area contributed by atoms with Crippen LogP contribution in [0.4, 0.5) is 0 Å². The van der Waals surface area contributed by atoms with Crippen LogP contribution in [0, 0.1) is 6.92 Å². The predicted molar refractivity (Wildman–Crippen MR) is 99.9 cm³/mol. The van der Waals surface area contributed by atoms with Gasteiger partial charge in [-0.15, -0.1) is 11.3 Å². The zero-order valence-corrected chi connectivity index (χ0v) is 15.4. The molecule has 0 spiro atoms. The molecule has 0 atom stereocenters. The van der Waals surface area contributed by atoms with Crippen molar-refractivity contribution < 1.29 is 0 Å². The third kappa shape index (κ3) is 4.42. The lowest BCUT2D eigenvalue weighted by Crippen LogP contribution is -2.38. The van der Waals surface area contributed by atoms with Gasteiger partial charge in [-0.3, -0.25) is 4.99 Å². The number of thiazole rings is 1. The summed E-state index contributed by atoms with van der Waals surface area (Å²) < 4.78 is 1.75. The highest BCUT2D eigenvalue weighted by molar-refractivity contribution is 7.09. The number of nitrogens with zero attached hydrogens (tertiary/aromatic N) is 6. The van der Waals surface area contributed by atoms with Crippen molar-refractivity contribution in [2.75, 3.05) is 14.1 Å². The van der Waals surface area contributed by atoms with Gasteiger partial charge in [0, 0.05) is 26.0 Å². The Morgan fingerprint density at radius 3 is 2.96 bits per heavy atom. The molecule has 3 aromatic rings. The average Bonchev–Trinajstić information content (AvgIpc) is 3.28. The van der Waals surface area contributed by atoms with E-state index in [1.165, 1.54) is 6.33 Å². The summed E-state index contributed by atoms with van der Waals surface area (Å²) in [5.74, 6) is 0.830. The molecule has 7 nitrogen and oxygen atoms in total. The summed E-state index contributed by atoms with van der Waals surface area (Å²) in [6, 6.07) is 8.17. The lowest BCUT2D eigenvalue weighted by Gasteiger charge is -2.21. The molecule has 0 amide bonds. The van der Waals surface area contributed by atoms with Gasteiger partial charge in [-0.2, -0.15) is 5.10 Å². The second-order valence-electron chi connectivity index (χ2n) is 5.62. The predicted octanol–water partition coefficient (Wildman–Crippen LogP) is 2.24. The maximum atomic E-state index is 4.50. The van der Waals surface area contributed by atoms with Crippen LogP contribution >= 0.6 is 11.3 Å². The first-order valence-electron chi connectivity index (χ1n) is 7.92. The number of rotatable bonds is 5. The van der Waals surface area contributed by atoms with Crippen LogP contribution in [-0.2, 0) is 13.1 Å². The van der Waals surface area contributed by atoms with Crippen molar-refractivity contribution in [1.82, 2.24) is 30.0 Å². The third-order valence-corrected chi connectivity index (χ3v) is 4.51. The topological polar surface area (TPSA) is 71.2 Å². The van der Waals surface area contributed by atoms with Gasteiger partial charge < -0.3 is 10.2 Å². The van der Waals surface area contributed by atoms with Crippen molar-refractivity contribution >= 4 is 17.3 Å². The third-order valence-electron chi connectivity index (χ3n) is 3.68. The molecule has 0 unspecified atom stereocenters. The number of guanidine groups is 1. The normalized spacial score (nSPS) is 11.6. The van der Waals surface area contributed by atoms with E-state index in [9.17, 15) is 0 Å². The Kier molecular flexibility index (Phi) is 5.39. The average molecular weight is 355 g/mol. The van der Waals surface area contributed by atoms with Crippen molar-refractivity contribution in [3.63, 3.8) is 0 Å². The minimum atomic E-state index is 0.676. The highest BCUT2D eigenvalue weighted by Crippen LogP contribution is 2.11. The van der Waals surface area contributed by atoms with Gasteiger partial charge in [0.1, 0.15) is 12.7 Å². The second-order valence-corrected chi connectivity index (χ2v) is 6.69. The number of benzene rings is 1. The highest BCUT2D eigenvalue weighted by Gasteiger charge is 2.09. The van der Waals surface area contributed by atoms with Gasteiger partial charge in [-0.05, 0) is 24.6 Å². The molecule has 1 aromatic carbocycles. The molecule has 2 aromatic heterocycles. The van der Waals surface area contributed by atoms with E-state index in [0.29, 0.717) is 6.54 Å². The molecule has 3 rings (SSSR count). The monoisotopic (exact) mass is 355 g/mol. The minimum Gasteiger partial charge on any atom is -0.352 e. The molecule has 8 heteroatoms. The van der Waals surface area contributed by atoms with Crippen molar-refractivity contribution in [3.05, 3.63) is 58.6 Å². The first-order chi connectivity index (χ1) is 12.2. The Balaban J connectivity index is 1.62. The van der Waals surface area contributed by atoms with Crippen LogP contribution in [0.25, 0.3) is 5.69 Å². The Labute approximate surface area is 151 Å². The smallest absolute Gasteiger partial charge is 0.194 e. The van der Waals surface area contributed by atoms with E-state index in [-0.39, 0.29) is 0 Å². The quantitative estimate of drug-likeness (QED) is 0.561. The minimum absolute atomic E-state index is 0.676. The Morgan fingerprint density at radius 2 is 2.28 bits per heavy atom. The van der Waals surface area contributed by atoms with Crippen molar-refractivity contribution in [1.29, 1.82) is 0 Å². The Bertz CT molecular complexity index is 838. The molecular weight excluding hydrogens is 334 g/mol. The van der Waals surface area contributed by atoms with Crippen LogP contribution in [0.15, 0.2) is 47.3 Å².